The summed E-state index contributed by atoms with van der Waals surface area (Å²) in [5, 5.41) is 5.63. The molecule has 3 amide bonds. The molecule has 1 aliphatic rings. The van der Waals surface area contributed by atoms with Crippen LogP contribution in [-0.2, 0) is 14.4 Å². The van der Waals surface area contributed by atoms with Crippen molar-refractivity contribution in [2.45, 2.75) is 52.2 Å². The second-order valence-electron chi connectivity index (χ2n) is 9.21. The molecule has 1 saturated heterocycles. The zero-order valence-corrected chi connectivity index (χ0v) is 19.6. The first-order valence-corrected chi connectivity index (χ1v) is 11.5. The molecule has 0 saturated carbocycles. The molecule has 0 spiro atoms. The summed E-state index contributed by atoms with van der Waals surface area (Å²) in [7, 11) is 0. The molecular formula is C24H30F2N4O5. The molecule has 2 heterocycles. The number of benzene rings is 1. The minimum absolute atomic E-state index is 0.0653. The Kier molecular flexibility index (Phi) is 8.42. The SMILES string of the molecule is CC(C)C[C@H](CC(=O)c1cc2c(OC(F)F)cccc2[nH]1)C(=O)N[C@@H](C[C@@H]1CCNC1=O)C(N)=O. The van der Waals surface area contributed by atoms with Crippen LogP contribution in [0.1, 0.15) is 50.0 Å². The fourth-order valence-corrected chi connectivity index (χ4v) is 4.35. The molecule has 190 valence electrons. The third kappa shape index (κ3) is 6.77. The standard InChI is InChI=1S/C24H30F2N4O5/c1-12(2)8-14(23(34)30-18(21(27)32)9-13-6-7-28-22(13)33)10-19(31)17-11-15-16(29-17)4-3-5-20(15)35-24(25)26/h3-5,11-14,18,24,29H,6-10H2,1-2H3,(H2,27,32)(H,28,33)(H,30,34)/t13-,14+,18-/m0/s1. The van der Waals surface area contributed by atoms with Gasteiger partial charge in [0.25, 0.3) is 0 Å². The number of fused-ring (bicyclic) bond motifs is 1. The number of rotatable bonds is 12. The summed E-state index contributed by atoms with van der Waals surface area (Å²) in [6, 6.07) is 4.90. The van der Waals surface area contributed by atoms with Gasteiger partial charge in [-0.3, -0.25) is 19.2 Å². The van der Waals surface area contributed by atoms with Gasteiger partial charge in [0, 0.05) is 35.7 Å². The third-order valence-electron chi connectivity index (χ3n) is 6.04. The van der Waals surface area contributed by atoms with Gasteiger partial charge in [-0.15, -0.1) is 0 Å². The second kappa shape index (κ2) is 11.3. The van der Waals surface area contributed by atoms with Crippen LogP contribution in [0.15, 0.2) is 24.3 Å². The van der Waals surface area contributed by atoms with E-state index in [-0.39, 0.29) is 36.1 Å². The average molecular weight is 493 g/mol. The van der Waals surface area contributed by atoms with Crippen LogP contribution in [0, 0.1) is 17.8 Å². The highest BCUT2D eigenvalue weighted by atomic mass is 19.3. The number of ether oxygens (including phenoxy) is 1. The predicted molar refractivity (Wildman–Crippen MR) is 124 cm³/mol. The Bertz CT molecular complexity index is 1100. The molecule has 0 unspecified atom stereocenters. The third-order valence-corrected chi connectivity index (χ3v) is 6.04. The molecule has 3 rings (SSSR count). The smallest absolute Gasteiger partial charge is 0.387 e. The van der Waals surface area contributed by atoms with Gasteiger partial charge in [0.05, 0.1) is 5.69 Å². The van der Waals surface area contributed by atoms with Crippen LogP contribution in [0.2, 0.25) is 0 Å². The van der Waals surface area contributed by atoms with Crippen molar-refractivity contribution in [3.05, 3.63) is 30.0 Å². The summed E-state index contributed by atoms with van der Waals surface area (Å²) in [5.74, 6) is -3.02. The van der Waals surface area contributed by atoms with Crippen LogP contribution in [0.3, 0.4) is 0 Å². The van der Waals surface area contributed by atoms with Gasteiger partial charge in [0.2, 0.25) is 17.7 Å². The molecule has 1 aromatic carbocycles. The highest BCUT2D eigenvalue weighted by Crippen LogP contribution is 2.29. The Morgan fingerprint density at radius 2 is 2.00 bits per heavy atom. The van der Waals surface area contributed by atoms with E-state index >= 15 is 0 Å². The van der Waals surface area contributed by atoms with E-state index < -0.39 is 42.1 Å². The molecule has 5 N–H and O–H groups in total. The van der Waals surface area contributed by atoms with Crippen LogP contribution < -0.4 is 21.1 Å². The topological polar surface area (TPSA) is 143 Å². The number of aromatic nitrogens is 1. The van der Waals surface area contributed by atoms with E-state index in [0.29, 0.717) is 30.3 Å². The number of carbonyl (C=O) groups excluding carboxylic acids is 4. The number of Topliss-reactive ketones (excluding diaryl/α,β-unsaturated/α-hetero) is 1. The van der Waals surface area contributed by atoms with Crippen molar-refractivity contribution in [3.8, 4) is 5.75 Å². The van der Waals surface area contributed by atoms with E-state index in [1.165, 1.54) is 18.2 Å². The van der Waals surface area contributed by atoms with Gasteiger partial charge in [-0.2, -0.15) is 8.78 Å². The zero-order valence-electron chi connectivity index (χ0n) is 19.6. The van der Waals surface area contributed by atoms with E-state index in [4.69, 9.17) is 5.73 Å². The molecule has 11 heteroatoms. The van der Waals surface area contributed by atoms with Gasteiger partial charge in [0.15, 0.2) is 5.78 Å². The molecule has 3 atom stereocenters. The molecule has 1 fully saturated rings. The number of alkyl halides is 2. The number of ketones is 1. The van der Waals surface area contributed by atoms with Gasteiger partial charge >= 0.3 is 6.61 Å². The number of carbonyl (C=O) groups is 4. The highest BCUT2D eigenvalue weighted by Gasteiger charge is 2.32. The van der Waals surface area contributed by atoms with Crippen LogP contribution in [0.25, 0.3) is 10.9 Å². The number of nitrogens with one attached hydrogen (secondary N) is 3. The molecule has 1 aromatic heterocycles. The molecule has 35 heavy (non-hydrogen) atoms. The number of amides is 3. The van der Waals surface area contributed by atoms with Crippen LogP contribution in [0.4, 0.5) is 8.78 Å². The Balaban J connectivity index is 1.75. The summed E-state index contributed by atoms with van der Waals surface area (Å²) in [6.07, 6.45) is 0.832. The van der Waals surface area contributed by atoms with Gasteiger partial charge in [-0.05, 0) is 43.4 Å². The summed E-state index contributed by atoms with van der Waals surface area (Å²) in [5.41, 5.74) is 6.07. The highest BCUT2D eigenvalue weighted by molar-refractivity contribution is 6.02. The first-order chi connectivity index (χ1) is 16.5. The van der Waals surface area contributed by atoms with Gasteiger partial charge in [-0.25, -0.2) is 0 Å². The quantitative estimate of drug-likeness (QED) is 0.337. The van der Waals surface area contributed by atoms with E-state index in [0.717, 1.165) is 0 Å². The number of nitrogens with two attached hydrogens (primary N) is 1. The molecule has 1 aliphatic heterocycles. The lowest BCUT2D eigenvalue weighted by Gasteiger charge is -2.23. The maximum atomic E-state index is 13.1. The number of hydrogen-bond acceptors (Lipinski definition) is 5. The molecule has 0 aliphatic carbocycles. The zero-order chi connectivity index (χ0) is 25.7. The average Bonchev–Trinajstić information content (AvgIpc) is 3.38. The number of aromatic amines is 1. The summed E-state index contributed by atoms with van der Waals surface area (Å²) in [4.78, 5) is 52.9. The van der Waals surface area contributed by atoms with E-state index in [1.807, 2.05) is 13.8 Å². The lowest BCUT2D eigenvalue weighted by molar-refractivity contribution is -0.131. The Morgan fingerprint density at radius 3 is 2.60 bits per heavy atom. The van der Waals surface area contributed by atoms with E-state index in [2.05, 4.69) is 20.4 Å². The number of primary amides is 1. The van der Waals surface area contributed by atoms with Crippen molar-refractivity contribution in [1.82, 2.24) is 15.6 Å². The maximum absolute atomic E-state index is 13.1. The van der Waals surface area contributed by atoms with E-state index in [1.54, 1.807) is 6.07 Å². The van der Waals surface area contributed by atoms with Crippen molar-refractivity contribution < 1.29 is 32.7 Å². The van der Waals surface area contributed by atoms with Crippen molar-refractivity contribution >= 4 is 34.4 Å². The lowest BCUT2D eigenvalue weighted by Crippen LogP contribution is -2.48. The minimum Gasteiger partial charge on any atom is -0.434 e. The van der Waals surface area contributed by atoms with Gasteiger partial charge < -0.3 is 26.1 Å². The minimum atomic E-state index is -3.01. The normalized spacial score (nSPS) is 17.4. The summed E-state index contributed by atoms with van der Waals surface area (Å²) < 4.78 is 29.9. The fourth-order valence-electron chi connectivity index (χ4n) is 4.35. The van der Waals surface area contributed by atoms with Gasteiger partial charge in [0.1, 0.15) is 11.8 Å². The predicted octanol–water partition coefficient (Wildman–Crippen LogP) is 2.50. The molecule has 0 radical (unpaired) electrons. The van der Waals surface area contributed by atoms with Crippen molar-refractivity contribution in [1.29, 1.82) is 0 Å². The molecular weight excluding hydrogens is 462 g/mol. The summed E-state index contributed by atoms with van der Waals surface area (Å²) in [6.45, 7) is 1.29. The largest absolute Gasteiger partial charge is 0.434 e. The summed E-state index contributed by atoms with van der Waals surface area (Å²) >= 11 is 0. The number of halogens is 2. The Hall–Kier alpha value is -3.50. The molecule has 9 nitrogen and oxygen atoms in total. The Morgan fingerprint density at radius 1 is 1.26 bits per heavy atom. The fraction of sp³-hybridized carbons (Fsp3) is 0.500. The monoisotopic (exact) mass is 492 g/mol. The van der Waals surface area contributed by atoms with Crippen molar-refractivity contribution in [2.75, 3.05) is 6.54 Å². The van der Waals surface area contributed by atoms with Crippen LogP contribution in [0.5, 0.6) is 5.75 Å². The van der Waals surface area contributed by atoms with Crippen molar-refractivity contribution in [2.24, 2.45) is 23.5 Å². The molecule has 0 bridgehead atoms. The number of H-pyrrole nitrogens is 1. The molecule has 2 aromatic rings. The lowest BCUT2D eigenvalue weighted by atomic mass is 9.90. The van der Waals surface area contributed by atoms with Crippen LogP contribution in [-0.4, -0.2) is 47.7 Å². The number of hydrogen-bond donors (Lipinski definition) is 4. The Labute approximate surface area is 201 Å². The van der Waals surface area contributed by atoms with Crippen molar-refractivity contribution in [3.63, 3.8) is 0 Å². The maximum Gasteiger partial charge on any atom is 0.387 e. The van der Waals surface area contributed by atoms with Crippen LogP contribution >= 0.6 is 0 Å². The van der Waals surface area contributed by atoms with Gasteiger partial charge in [-0.1, -0.05) is 19.9 Å². The second-order valence-corrected chi connectivity index (χ2v) is 9.21. The van der Waals surface area contributed by atoms with E-state index in [9.17, 15) is 28.0 Å². The first kappa shape index (κ1) is 26.1. The first-order valence-electron chi connectivity index (χ1n) is 11.5.